The number of benzene rings is 2. The topological polar surface area (TPSA) is 94.9 Å². The molecule has 1 aromatic heterocycles. The molecule has 10 heteroatoms. The Labute approximate surface area is 217 Å². The number of carbonyl (C=O) groups excluding carboxylic acids is 1. The predicted octanol–water partition coefficient (Wildman–Crippen LogP) is 4.06. The van der Waals surface area contributed by atoms with E-state index in [2.05, 4.69) is 15.2 Å². The van der Waals surface area contributed by atoms with Gasteiger partial charge in [0.1, 0.15) is 0 Å². The molecule has 0 saturated carbocycles. The summed E-state index contributed by atoms with van der Waals surface area (Å²) in [5, 5.41) is 23.0. The van der Waals surface area contributed by atoms with E-state index in [1.165, 1.54) is 18.3 Å². The first-order valence-electron chi connectivity index (χ1n) is 12.3. The maximum absolute atomic E-state index is 13.1. The van der Waals surface area contributed by atoms with Crippen LogP contribution in [-0.4, -0.2) is 60.1 Å². The monoisotopic (exact) mass is 527 g/mol. The molecule has 7 nitrogen and oxygen atoms in total. The molecule has 5 rings (SSSR count). The van der Waals surface area contributed by atoms with Gasteiger partial charge in [0, 0.05) is 34.5 Å². The number of rotatable bonds is 5. The average molecular weight is 528 g/mol. The van der Waals surface area contributed by atoms with Gasteiger partial charge < -0.3 is 25.2 Å². The molecule has 1 amide bonds. The highest BCUT2D eigenvalue weighted by Crippen LogP contribution is 2.44. The van der Waals surface area contributed by atoms with Crippen molar-refractivity contribution in [2.75, 3.05) is 43.2 Å². The number of aromatic nitrogens is 1. The fourth-order valence-electron chi connectivity index (χ4n) is 5.35. The van der Waals surface area contributed by atoms with Gasteiger partial charge >= 0.3 is 6.18 Å². The molecular formula is C28H28F3N3O4. The SMILES string of the molecule is Cc1ncc(NC(=O)c2cccc(C(F)(F)F)c2)cc1-c1ccc2c(c1)N1CCOCC1C(CO)(CO)C2. The lowest BCUT2D eigenvalue weighted by molar-refractivity contribution is -0.137. The Morgan fingerprint density at radius 1 is 1.18 bits per heavy atom. The van der Waals surface area contributed by atoms with Crippen LogP contribution in [0.5, 0.6) is 0 Å². The van der Waals surface area contributed by atoms with Crippen molar-refractivity contribution in [2.45, 2.75) is 25.6 Å². The van der Waals surface area contributed by atoms with Gasteiger partial charge in [0.15, 0.2) is 0 Å². The summed E-state index contributed by atoms with van der Waals surface area (Å²) in [4.78, 5) is 19.3. The van der Waals surface area contributed by atoms with Crippen molar-refractivity contribution in [3.8, 4) is 11.1 Å². The van der Waals surface area contributed by atoms with Crippen LogP contribution in [0.3, 0.4) is 0 Å². The minimum absolute atomic E-state index is 0.106. The van der Waals surface area contributed by atoms with Gasteiger partial charge in [0.25, 0.3) is 5.91 Å². The van der Waals surface area contributed by atoms with Crippen molar-refractivity contribution in [1.82, 2.24) is 4.98 Å². The number of carbonyl (C=O) groups is 1. The molecule has 0 aliphatic carbocycles. The van der Waals surface area contributed by atoms with Crippen molar-refractivity contribution in [3.63, 3.8) is 0 Å². The second-order valence-corrected chi connectivity index (χ2v) is 9.87. The summed E-state index contributed by atoms with van der Waals surface area (Å²) in [5.74, 6) is -0.668. The number of nitrogens with one attached hydrogen (secondary N) is 1. The molecule has 3 heterocycles. The number of hydrogen-bond donors (Lipinski definition) is 3. The Morgan fingerprint density at radius 2 is 1.97 bits per heavy atom. The number of anilines is 2. The molecule has 1 unspecified atom stereocenters. The number of hydrogen-bond acceptors (Lipinski definition) is 6. The lowest BCUT2D eigenvalue weighted by Gasteiger charge is -2.52. The number of fused-ring (bicyclic) bond motifs is 3. The number of amides is 1. The smallest absolute Gasteiger partial charge is 0.396 e. The van der Waals surface area contributed by atoms with Crippen LogP contribution in [0.4, 0.5) is 24.5 Å². The third kappa shape index (κ3) is 4.75. The Morgan fingerprint density at radius 3 is 2.71 bits per heavy atom. The van der Waals surface area contributed by atoms with Crippen molar-refractivity contribution in [2.24, 2.45) is 5.41 Å². The number of aliphatic hydroxyl groups excluding tert-OH is 2. The lowest BCUT2D eigenvalue weighted by Crippen LogP contribution is -2.61. The molecule has 2 aromatic carbocycles. The minimum Gasteiger partial charge on any atom is -0.396 e. The van der Waals surface area contributed by atoms with Gasteiger partial charge in [-0.05, 0) is 54.8 Å². The molecule has 3 N–H and O–H groups in total. The molecule has 2 aliphatic rings. The van der Waals surface area contributed by atoms with Crippen molar-refractivity contribution in [3.05, 3.63) is 77.1 Å². The van der Waals surface area contributed by atoms with Gasteiger partial charge in [-0.2, -0.15) is 13.2 Å². The second kappa shape index (κ2) is 10.0. The van der Waals surface area contributed by atoms with Crippen LogP contribution in [0.15, 0.2) is 54.7 Å². The van der Waals surface area contributed by atoms with E-state index in [0.717, 1.165) is 40.2 Å². The van der Waals surface area contributed by atoms with E-state index < -0.39 is 23.1 Å². The maximum atomic E-state index is 13.1. The van der Waals surface area contributed by atoms with Crippen LogP contribution in [0.25, 0.3) is 11.1 Å². The van der Waals surface area contributed by atoms with Crippen LogP contribution in [0.2, 0.25) is 0 Å². The molecule has 2 aliphatic heterocycles. The summed E-state index contributed by atoms with van der Waals surface area (Å²) in [6.45, 7) is 3.07. The largest absolute Gasteiger partial charge is 0.416 e. The van der Waals surface area contributed by atoms with Crippen molar-refractivity contribution < 1.29 is 32.9 Å². The van der Waals surface area contributed by atoms with Crippen LogP contribution in [-0.2, 0) is 17.3 Å². The predicted molar refractivity (Wildman–Crippen MR) is 136 cm³/mol. The van der Waals surface area contributed by atoms with E-state index in [0.29, 0.717) is 31.9 Å². The molecule has 1 saturated heterocycles. The standard InChI is InChI=1S/C28H28F3N3O4/c1-17-23(11-22(13-32-17)33-26(37)19-3-2-4-21(9-19)28(29,30)31)18-5-6-20-12-27(15-35,16-36)25-14-38-8-7-34(25)24(20)10-18/h2-6,9-11,13,25,35-36H,7-8,12,14-16H2,1H3,(H,33,37). The summed E-state index contributed by atoms with van der Waals surface area (Å²) < 4.78 is 44.9. The average Bonchev–Trinajstić information content (AvgIpc) is 2.93. The summed E-state index contributed by atoms with van der Waals surface area (Å²) in [7, 11) is 0. The van der Waals surface area contributed by atoms with Crippen LogP contribution >= 0.6 is 0 Å². The number of ether oxygens (including phenoxy) is 1. The minimum atomic E-state index is -4.55. The molecule has 200 valence electrons. The molecule has 1 atom stereocenters. The van der Waals surface area contributed by atoms with Crippen LogP contribution < -0.4 is 10.2 Å². The first kappa shape index (κ1) is 26.1. The first-order valence-corrected chi connectivity index (χ1v) is 12.3. The summed E-state index contributed by atoms with van der Waals surface area (Å²) in [6.07, 6.45) is -2.57. The Balaban J connectivity index is 1.45. The fourth-order valence-corrected chi connectivity index (χ4v) is 5.35. The van der Waals surface area contributed by atoms with Gasteiger partial charge in [0.05, 0.1) is 49.9 Å². The number of halogens is 3. The molecule has 38 heavy (non-hydrogen) atoms. The second-order valence-electron chi connectivity index (χ2n) is 9.87. The summed E-state index contributed by atoms with van der Waals surface area (Å²) in [5.41, 5.74) is 2.99. The fraction of sp³-hybridized carbons (Fsp3) is 0.357. The maximum Gasteiger partial charge on any atom is 0.416 e. The molecule has 1 fully saturated rings. The van der Waals surface area contributed by atoms with Crippen LogP contribution in [0, 0.1) is 12.3 Å². The Bertz CT molecular complexity index is 1360. The van der Waals surface area contributed by atoms with Gasteiger partial charge in [-0.3, -0.25) is 9.78 Å². The van der Waals surface area contributed by atoms with Gasteiger partial charge in [-0.1, -0.05) is 18.2 Å². The summed E-state index contributed by atoms with van der Waals surface area (Å²) >= 11 is 0. The van der Waals surface area contributed by atoms with E-state index >= 15 is 0 Å². The van der Waals surface area contributed by atoms with Crippen LogP contribution in [0.1, 0.15) is 27.2 Å². The highest BCUT2D eigenvalue weighted by atomic mass is 19.4. The highest BCUT2D eigenvalue weighted by Gasteiger charge is 2.47. The molecule has 0 spiro atoms. The highest BCUT2D eigenvalue weighted by molar-refractivity contribution is 6.04. The lowest BCUT2D eigenvalue weighted by atomic mass is 9.72. The molecule has 0 radical (unpaired) electrons. The number of pyridine rings is 1. The van der Waals surface area contributed by atoms with E-state index in [1.54, 1.807) is 6.07 Å². The zero-order valence-corrected chi connectivity index (χ0v) is 20.8. The molecular weight excluding hydrogens is 499 g/mol. The van der Waals surface area contributed by atoms with Gasteiger partial charge in [-0.15, -0.1) is 0 Å². The normalized spacial score (nSPS) is 18.5. The third-order valence-corrected chi connectivity index (χ3v) is 7.51. The number of aliphatic hydroxyl groups is 2. The number of aryl methyl sites for hydroxylation is 1. The molecule has 3 aromatic rings. The Hall–Kier alpha value is -3.47. The Kier molecular flexibility index (Phi) is 6.89. The number of alkyl halides is 3. The summed E-state index contributed by atoms with van der Waals surface area (Å²) in [6, 6.07) is 11.8. The molecule has 0 bridgehead atoms. The van der Waals surface area contributed by atoms with Crippen molar-refractivity contribution >= 4 is 17.3 Å². The van der Waals surface area contributed by atoms with E-state index in [1.807, 2.05) is 25.1 Å². The zero-order chi connectivity index (χ0) is 27.1. The van der Waals surface area contributed by atoms with E-state index in [9.17, 15) is 28.2 Å². The van der Waals surface area contributed by atoms with Gasteiger partial charge in [-0.25, -0.2) is 0 Å². The van der Waals surface area contributed by atoms with E-state index in [4.69, 9.17) is 4.74 Å². The van der Waals surface area contributed by atoms with Gasteiger partial charge in [0.2, 0.25) is 0 Å². The zero-order valence-electron chi connectivity index (χ0n) is 20.8. The quantitative estimate of drug-likeness (QED) is 0.463. The first-order chi connectivity index (χ1) is 18.1. The van der Waals surface area contributed by atoms with Crippen molar-refractivity contribution in [1.29, 1.82) is 0 Å². The number of morpholine rings is 1. The van der Waals surface area contributed by atoms with E-state index in [-0.39, 0.29) is 24.8 Å². The number of nitrogens with zero attached hydrogens (tertiary/aromatic N) is 2. The third-order valence-electron chi connectivity index (χ3n) is 7.51.